The third kappa shape index (κ3) is 6.03. The first-order valence-electron chi connectivity index (χ1n) is 11.6. The third-order valence-corrected chi connectivity index (χ3v) is 6.11. The summed E-state index contributed by atoms with van der Waals surface area (Å²) in [5.74, 6) is -0.125. The van der Waals surface area contributed by atoms with Crippen molar-refractivity contribution in [3.63, 3.8) is 0 Å². The van der Waals surface area contributed by atoms with Crippen molar-refractivity contribution >= 4 is 29.2 Å². The summed E-state index contributed by atoms with van der Waals surface area (Å²) in [6.07, 6.45) is 8.32. The van der Waals surface area contributed by atoms with Crippen LogP contribution in [0.25, 0.3) is 11.6 Å². The zero-order chi connectivity index (χ0) is 26.4. The summed E-state index contributed by atoms with van der Waals surface area (Å²) >= 11 is 6.08. The monoisotopic (exact) mass is 514 g/mol. The van der Waals surface area contributed by atoms with E-state index in [9.17, 15) is 4.79 Å². The van der Waals surface area contributed by atoms with Crippen LogP contribution in [0.2, 0.25) is 5.02 Å². The Morgan fingerprint density at radius 2 is 2.08 bits per heavy atom. The maximum absolute atomic E-state index is 15.1. The molecule has 2 aromatic heterocycles. The van der Waals surface area contributed by atoms with Gasteiger partial charge >= 0.3 is 0 Å². The number of hydrogen-bond acceptors (Lipinski definition) is 5. The van der Waals surface area contributed by atoms with E-state index in [1.807, 2.05) is 32.1 Å². The van der Waals surface area contributed by atoms with Crippen molar-refractivity contribution in [2.75, 3.05) is 27.2 Å². The molecule has 0 radical (unpaired) electrons. The number of halogens is 2. The molecule has 0 saturated carbocycles. The minimum absolute atomic E-state index is 0.0355. The first kappa shape index (κ1) is 27.2. The maximum Gasteiger partial charge on any atom is 0.274 e. The van der Waals surface area contributed by atoms with Gasteiger partial charge in [0, 0.05) is 62.7 Å². The quantitative estimate of drug-likeness (QED) is 0.395. The fraction of sp³-hybridized carbons (Fsp3) is 0.346. The lowest BCUT2D eigenvalue weighted by Crippen LogP contribution is -2.23. The molecule has 36 heavy (non-hydrogen) atoms. The molecule has 0 unspecified atom stereocenters. The standard InChI is InChI=1S/C26H32ClFN6O2/c1-6-17(7-10-22-30-15-18(31-22)11-13-29)20-8-9-21(27)23(28)25(20)36-14-12-19-16(2)34(5)32-24(19)26(35)33(3)4/h6-10,15H,11-14,29H2,1-5H3,(H,30,31)/b10-7-,17-6+. The van der Waals surface area contributed by atoms with Crippen LogP contribution in [0.15, 0.2) is 30.5 Å². The summed E-state index contributed by atoms with van der Waals surface area (Å²) in [7, 11) is 5.13. The van der Waals surface area contributed by atoms with Gasteiger partial charge in [0.05, 0.1) is 11.6 Å². The number of imidazole rings is 1. The second-order valence-electron chi connectivity index (χ2n) is 8.48. The third-order valence-electron chi connectivity index (χ3n) is 5.82. The van der Waals surface area contributed by atoms with Gasteiger partial charge in [-0.15, -0.1) is 0 Å². The van der Waals surface area contributed by atoms with Gasteiger partial charge in [-0.2, -0.15) is 5.10 Å². The van der Waals surface area contributed by atoms with Gasteiger partial charge in [0.2, 0.25) is 0 Å². The molecular formula is C26H32ClFN6O2. The second kappa shape index (κ2) is 12.0. The highest BCUT2D eigenvalue weighted by molar-refractivity contribution is 6.31. The number of nitrogens with two attached hydrogens (primary N) is 1. The first-order chi connectivity index (χ1) is 17.2. The average molecular weight is 515 g/mol. The number of carbonyl (C=O) groups is 1. The number of H-pyrrole nitrogens is 1. The van der Waals surface area contributed by atoms with Gasteiger partial charge in [-0.05, 0) is 44.2 Å². The number of nitrogens with zero attached hydrogens (tertiary/aromatic N) is 4. The van der Waals surface area contributed by atoms with E-state index < -0.39 is 5.82 Å². The highest BCUT2D eigenvalue weighted by atomic mass is 35.5. The molecule has 10 heteroatoms. The lowest BCUT2D eigenvalue weighted by molar-refractivity contribution is 0.0820. The van der Waals surface area contributed by atoms with Crippen LogP contribution in [0.4, 0.5) is 4.39 Å². The van der Waals surface area contributed by atoms with Crippen molar-refractivity contribution in [2.24, 2.45) is 12.8 Å². The summed E-state index contributed by atoms with van der Waals surface area (Å²) in [4.78, 5) is 21.6. The van der Waals surface area contributed by atoms with E-state index in [1.165, 1.54) is 11.0 Å². The Bertz CT molecular complexity index is 1290. The zero-order valence-electron chi connectivity index (χ0n) is 21.2. The summed E-state index contributed by atoms with van der Waals surface area (Å²) in [5.41, 5.74) is 9.80. The average Bonchev–Trinajstić information content (AvgIpc) is 3.41. The molecule has 0 aliphatic rings. The Hall–Kier alpha value is -3.43. The van der Waals surface area contributed by atoms with Crippen LogP contribution < -0.4 is 10.5 Å². The highest BCUT2D eigenvalue weighted by Crippen LogP contribution is 2.34. The lowest BCUT2D eigenvalue weighted by Gasteiger charge is -2.15. The summed E-state index contributed by atoms with van der Waals surface area (Å²) in [6, 6.07) is 3.22. The summed E-state index contributed by atoms with van der Waals surface area (Å²) in [6.45, 7) is 4.40. The van der Waals surface area contributed by atoms with Crippen molar-refractivity contribution in [1.82, 2.24) is 24.6 Å². The number of amides is 1. The molecule has 1 aromatic carbocycles. The number of benzene rings is 1. The minimum atomic E-state index is -0.641. The van der Waals surface area contributed by atoms with Gasteiger partial charge in [-0.3, -0.25) is 9.48 Å². The van der Waals surface area contributed by atoms with E-state index in [-0.39, 0.29) is 23.3 Å². The van der Waals surface area contributed by atoms with Crippen molar-refractivity contribution in [3.05, 3.63) is 75.4 Å². The van der Waals surface area contributed by atoms with Crippen LogP contribution in [-0.4, -0.2) is 57.8 Å². The Morgan fingerprint density at radius 3 is 2.75 bits per heavy atom. The zero-order valence-corrected chi connectivity index (χ0v) is 22.0. The number of aryl methyl sites for hydroxylation is 1. The van der Waals surface area contributed by atoms with Crippen LogP contribution in [0.1, 0.15) is 45.8 Å². The number of allylic oxidation sites excluding steroid dienone is 3. The fourth-order valence-electron chi connectivity index (χ4n) is 3.74. The van der Waals surface area contributed by atoms with Crippen LogP contribution in [-0.2, 0) is 19.9 Å². The van der Waals surface area contributed by atoms with E-state index in [0.29, 0.717) is 36.5 Å². The first-order valence-corrected chi connectivity index (χ1v) is 12.0. The number of nitrogens with one attached hydrogen (secondary N) is 1. The molecule has 8 nitrogen and oxygen atoms in total. The summed E-state index contributed by atoms with van der Waals surface area (Å²) in [5, 5.41) is 4.32. The van der Waals surface area contributed by atoms with Gasteiger partial charge in [0.15, 0.2) is 17.3 Å². The summed E-state index contributed by atoms with van der Waals surface area (Å²) < 4.78 is 22.7. The van der Waals surface area contributed by atoms with E-state index in [2.05, 4.69) is 15.1 Å². The van der Waals surface area contributed by atoms with Crippen molar-refractivity contribution in [2.45, 2.75) is 26.7 Å². The van der Waals surface area contributed by atoms with E-state index in [4.69, 9.17) is 22.1 Å². The molecule has 0 aliphatic carbocycles. The number of rotatable bonds is 10. The molecule has 0 fully saturated rings. The molecule has 3 N–H and O–H groups in total. The predicted octanol–water partition coefficient (Wildman–Crippen LogP) is 4.19. The number of ether oxygens (including phenoxy) is 1. The Balaban J connectivity index is 1.85. The minimum Gasteiger partial charge on any atom is -0.489 e. The smallest absolute Gasteiger partial charge is 0.274 e. The molecule has 3 rings (SSSR count). The highest BCUT2D eigenvalue weighted by Gasteiger charge is 2.22. The van der Waals surface area contributed by atoms with Crippen LogP contribution in [0.3, 0.4) is 0 Å². The molecule has 0 atom stereocenters. The van der Waals surface area contributed by atoms with E-state index >= 15 is 4.39 Å². The van der Waals surface area contributed by atoms with Gasteiger partial charge in [0.25, 0.3) is 5.91 Å². The fourth-order valence-corrected chi connectivity index (χ4v) is 3.89. The SMILES string of the molecule is C/C=C(\C=C/c1ncc(CCN)[nH]1)c1ccc(Cl)c(F)c1OCCc1c(C(=O)N(C)C)nn(C)c1C. The topological polar surface area (TPSA) is 102 Å². The normalized spacial score (nSPS) is 11.9. The van der Waals surface area contributed by atoms with E-state index in [0.717, 1.165) is 22.5 Å². The Kier molecular flexibility index (Phi) is 9.06. The Labute approximate surface area is 215 Å². The van der Waals surface area contributed by atoms with Crippen molar-refractivity contribution < 1.29 is 13.9 Å². The maximum atomic E-state index is 15.1. The van der Waals surface area contributed by atoms with Gasteiger partial charge in [-0.25, -0.2) is 9.37 Å². The van der Waals surface area contributed by atoms with Crippen LogP contribution in [0, 0.1) is 12.7 Å². The van der Waals surface area contributed by atoms with Crippen LogP contribution in [0.5, 0.6) is 5.75 Å². The number of aromatic amines is 1. The number of hydrogen-bond donors (Lipinski definition) is 2. The van der Waals surface area contributed by atoms with Crippen LogP contribution >= 0.6 is 11.6 Å². The molecule has 3 aromatic rings. The van der Waals surface area contributed by atoms with Gasteiger partial charge < -0.3 is 20.4 Å². The van der Waals surface area contributed by atoms with Gasteiger partial charge in [-0.1, -0.05) is 23.8 Å². The largest absolute Gasteiger partial charge is 0.489 e. The second-order valence-corrected chi connectivity index (χ2v) is 8.89. The molecule has 0 saturated heterocycles. The van der Waals surface area contributed by atoms with Crippen molar-refractivity contribution in [1.29, 1.82) is 0 Å². The van der Waals surface area contributed by atoms with Crippen molar-refractivity contribution in [3.8, 4) is 5.75 Å². The predicted molar refractivity (Wildman–Crippen MR) is 141 cm³/mol. The Morgan fingerprint density at radius 1 is 1.33 bits per heavy atom. The van der Waals surface area contributed by atoms with E-state index in [1.54, 1.807) is 38.1 Å². The molecule has 1 amide bonds. The molecule has 192 valence electrons. The van der Waals surface area contributed by atoms with Gasteiger partial charge in [0.1, 0.15) is 5.82 Å². The molecule has 0 bridgehead atoms. The number of carbonyl (C=O) groups excluding carboxylic acids is 1. The molecular weight excluding hydrogens is 483 g/mol. The number of aromatic nitrogens is 4. The molecule has 0 aliphatic heterocycles. The lowest BCUT2D eigenvalue weighted by atomic mass is 10.0. The molecule has 0 spiro atoms. The molecule has 2 heterocycles.